The second-order valence-electron chi connectivity index (χ2n) is 5.77. The summed E-state index contributed by atoms with van der Waals surface area (Å²) in [5, 5.41) is 12.4. The maximum atomic E-state index is 8.98. The Labute approximate surface area is 132 Å². The highest BCUT2D eigenvalue weighted by Crippen LogP contribution is 2.20. The second kappa shape index (κ2) is 8.51. The van der Waals surface area contributed by atoms with Crippen LogP contribution in [0.4, 0.5) is 0 Å². The van der Waals surface area contributed by atoms with Gasteiger partial charge in [-0.3, -0.25) is 0 Å². The van der Waals surface area contributed by atoms with E-state index in [0.29, 0.717) is 5.88 Å². The Morgan fingerprint density at radius 1 is 1.09 bits per heavy atom. The summed E-state index contributed by atoms with van der Waals surface area (Å²) in [4.78, 5) is 4.15. The fourth-order valence-electron chi connectivity index (χ4n) is 1.98. The zero-order chi connectivity index (χ0) is 15.8. The molecule has 118 valence electrons. The van der Waals surface area contributed by atoms with Crippen LogP contribution in [0.25, 0.3) is 0 Å². The van der Waals surface area contributed by atoms with Crippen molar-refractivity contribution >= 4 is 0 Å². The van der Waals surface area contributed by atoms with Crippen molar-refractivity contribution in [3.05, 3.63) is 53.7 Å². The van der Waals surface area contributed by atoms with E-state index in [2.05, 4.69) is 36.3 Å². The van der Waals surface area contributed by atoms with E-state index < -0.39 is 0 Å². The average molecular weight is 300 g/mol. The summed E-state index contributed by atoms with van der Waals surface area (Å²) in [6.45, 7) is 6.36. The van der Waals surface area contributed by atoms with Crippen molar-refractivity contribution in [3.63, 3.8) is 0 Å². The number of benzene rings is 1. The highest BCUT2D eigenvalue weighted by molar-refractivity contribution is 5.30. The predicted molar refractivity (Wildman–Crippen MR) is 87.8 cm³/mol. The topological polar surface area (TPSA) is 54.4 Å². The molecule has 1 aromatic heterocycles. The molecule has 0 saturated carbocycles. The lowest BCUT2D eigenvalue weighted by molar-refractivity contribution is 0.281. The van der Waals surface area contributed by atoms with Crippen molar-refractivity contribution in [1.29, 1.82) is 0 Å². The Hall–Kier alpha value is -1.91. The zero-order valence-electron chi connectivity index (χ0n) is 13.2. The van der Waals surface area contributed by atoms with Gasteiger partial charge in [0.15, 0.2) is 0 Å². The quantitative estimate of drug-likeness (QED) is 0.733. The van der Waals surface area contributed by atoms with Gasteiger partial charge in [-0.15, -0.1) is 0 Å². The fourth-order valence-corrected chi connectivity index (χ4v) is 1.98. The van der Waals surface area contributed by atoms with Gasteiger partial charge in [0.05, 0.1) is 6.61 Å². The molecule has 0 spiro atoms. The Bertz CT molecular complexity index is 550. The molecule has 0 aliphatic heterocycles. The van der Waals surface area contributed by atoms with Crippen LogP contribution in [-0.2, 0) is 13.2 Å². The van der Waals surface area contributed by atoms with Crippen LogP contribution in [-0.4, -0.2) is 16.6 Å². The smallest absolute Gasteiger partial charge is 0.219 e. The first-order chi connectivity index (χ1) is 10.7. The molecule has 0 fully saturated rings. The van der Waals surface area contributed by atoms with Crippen LogP contribution >= 0.6 is 0 Å². The van der Waals surface area contributed by atoms with Crippen molar-refractivity contribution in [2.45, 2.75) is 33.4 Å². The van der Waals surface area contributed by atoms with E-state index in [4.69, 9.17) is 9.84 Å². The molecular weight excluding hydrogens is 276 g/mol. The first-order valence-corrected chi connectivity index (χ1v) is 7.70. The molecule has 2 N–H and O–H groups in total. The standard InChI is InChI=1S/C18H24N2O2/c1-14(2)9-10-19-11-15-3-6-17(7-4-15)22-18-8-5-16(13-21)12-20-18/h3-8,12,14,19,21H,9-11,13H2,1-2H3. The van der Waals surface area contributed by atoms with Crippen molar-refractivity contribution < 1.29 is 9.84 Å². The molecule has 0 aliphatic carbocycles. The molecule has 0 unspecified atom stereocenters. The van der Waals surface area contributed by atoms with E-state index in [1.165, 1.54) is 12.0 Å². The zero-order valence-corrected chi connectivity index (χ0v) is 13.2. The van der Waals surface area contributed by atoms with Crippen LogP contribution in [0.3, 0.4) is 0 Å². The molecule has 0 aliphatic rings. The van der Waals surface area contributed by atoms with Gasteiger partial charge in [0.1, 0.15) is 5.75 Å². The molecule has 4 nitrogen and oxygen atoms in total. The van der Waals surface area contributed by atoms with Crippen molar-refractivity contribution in [2.75, 3.05) is 6.54 Å². The van der Waals surface area contributed by atoms with Gasteiger partial charge in [-0.05, 0) is 48.2 Å². The second-order valence-corrected chi connectivity index (χ2v) is 5.77. The summed E-state index contributed by atoms with van der Waals surface area (Å²) < 4.78 is 5.68. The largest absolute Gasteiger partial charge is 0.439 e. The van der Waals surface area contributed by atoms with E-state index in [-0.39, 0.29) is 6.61 Å². The molecule has 0 bridgehead atoms. The van der Waals surface area contributed by atoms with E-state index in [1.807, 2.05) is 12.1 Å². The number of pyridine rings is 1. The van der Waals surface area contributed by atoms with E-state index in [1.54, 1.807) is 18.3 Å². The number of rotatable bonds is 8. The van der Waals surface area contributed by atoms with Gasteiger partial charge in [0, 0.05) is 18.8 Å². The van der Waals surface area contributed by atoms with E-state index in [0.717, 1.165) is 30.3 Å². The molecule has 0 saturated heterocycles. The third kappa shape index (κ3) is 5.47. The van der Waals surface area contributed by atoms with Gasteiger partial charge in [-0.25, -0.2) is 4.98 Å². The summed E-state index contributed by atoms with van der Waals surface area (Å²) in [6, 6.07) is 11.6. The van der Waals surface area contributed by atoms with Crippen molar-refractivity contribution in [2.24, 2.45) is 5.92 Å². The lowest BCUT2D eigenvalue weighted by Gasteiger charge is -2.08. The first kappa shape index (κ1) is 16.5. The summed E-state index contributed by atoms with van der Waals surface area (Å²) in [6.07, 6.45) is 2.80. The highest BCUT2D eigenvalue weighted by Gasteiger charge is 2.00. The van der Waals surface area contributed by atoms with Crippen LogP contribution in [0.2, 0.25) is 0 Å². The van der Waals surface area contributed by atoms with Crippen LogP contribution in [0, 0.1) is 5.92 Å². The number of hydrogen-bond donors (Lipinski definition) is 2. The summed E-state index contributed by atoms with van der Waals surface area (Å²) in [5.41, 5.74) is 2.01. The van der Waals surface area contributed by atoms with Gasteiger partial charge in [0.25, 0.3) is 0 Å². The molecule has 0 atom stereocenters. The number of ether oxygens (including phenoxy) is 1. The van der Waals surface area contributed by atoms with Crippen LogP contribution < -0.4 is 10.1 Å². The minimum Gasteiger partial charge on any atom is -0.439 e. The van der Waals surface area contributed by atoms with Crippen LogP contribution in [0.5, 0.6) is 11.6 Å². The van der Waals surface area contributed by atoms with E-state index >= 15 is 0 Å². The molecule has 0 amide bonds. The molecule has 22 heavy (non-hydrogen) atoms. The number of aliphatic hydroxyl groups excluding tert-OH is 1. The van der Waals surface area contributed by atoms with Gasteiger partial charge >= 0.3 is 0 Å². The molecule has 4 heteroatoms. The number of nitrogens with zero attached hydrogens (tertiary/aromatic N) is 1. The summed E-state index contributed by atoms with van der Waals surface area (Å²) in [5.74, 6) is 2.02. The molecular formula is C18H24N2O2. The van der Waals surface area contributed by atoms with Gasteiger partial charge in [-0.2, -0.15) is 0 Å². The molecule has 2 rings (SSSR count). The molecule has 0 radical (unpaired) electrons. The van der Waals surface area contributed by atoms with Gasteiger partial charge < -0.3 is 15.2 Å². The summed E-state index contributed by atoms with van der Waals surface area (Å²) in [7, 11) is 0. The van der Waals surface area contributed by atoms with Crippen LogP contribution in [0.15, 0.2) is 42.6 Å². The molecule has 1 heterocycles. The summed E-state index contributed by atoms with van der Waals surface area (Å²) >= 11 is 0. The van der Waals surface area contributed by atoms with Gasteiger partial charge in [-0.1, -0.05) is 26.0 Å². The Kier molecular flexibility index (Phi) is 6.37. The number of hydrogen-bond acceptors (Lipinski definition) is 4. The van der Waals surface area contributed by atoms with Gasteiger partial charge in [0.2, 0.25) is 5.88 Å². The van der Waals surface area contributed by atoms with Crippen LogP contribution in [0.1, 0.15) is 31.4 Å². The van der Waals surface area contributed by atoms with Crippen molar-refractivity contribution in [3.8, 4) is 11.6 Å². The predicted octanol–water partition coefficient (Wildman–Crippen LogP) is 3.50. The lowest BCUT2D eigenvalue weighted by atomic mass is 10.1. The number of aliphatic hydroxyl groups is 1. The first-order valence-electron chi connectivity index (χ1n) is 7.70. The maximum absolute atomic E-state index is 8.98. The number of nitrogens with one attached hydrogen (secondary N) is 1. The molecule has 1 aromatic carbocycles. The highest BCUT2D eigenvalue weighted by atomic mass is 16.5. The fraction of sp³-hybridized carbons (Fsp3) is 0.389. The maximum Gasteiger partial charge on any atom is 0.219 e. The van der Waals surface area contributed by atoms with E-state index in [9.17, 15) is 0 Å². The Morgan fingerprint density at radius 2 is 1.82 bits per heavy atom. The SMILES string of the molecule is CC(C)CCNCc1ccc(Oc2ccc(CO)cn2)cc1. The third-order valence-electron chi connectivity index (χ3n) is 3.35. The third-order valence-corrected chi connectivity index (χ3v) is 3.35. The normalized spacial score (nSPS) is 10.9. The molecule has 2 aromatic rings. The average Bonchev–Trinajstić information content (AvgIpc) is 2.54. The van der Waals surface area contributed by atoms with Crippen molar-refractivity contribution in [1.82, 2.24) is 10.3 Å². The monoisotopic (exact) mass is 300 g/mol. The minimum atomic E-state index is -0.00815. The Balaban J connectivity index is 1.83. The lowest BCUT2D eigenvalue weighted by Crippen LogP contribution is -2.16. The minimum absolute atomic E-state index is 0.00815. The number of aromatic nitrogens is 1. The Morgan fingerprint density at radius 3 is 2.41 bits per heavy atom.